The van der Waals surface area contributed by atoms with Gasteiger partial charge in [-0.3, -0.25) is 10.1 Å². The van der Waals surface area contributed by atoms with Crippen molar-refractivity contribution in [3.63, 3.8) is 0 Å². The Bertz CT molecular complexity index is 731. The van der Waals surface area contributed by atoms with E-state index >= 15 is 0 Å². The highest BCUT2D eigenvalue weighted by atomic mass is 16.6. The van der Waals surface area contributed by atoms with E-state index in [9.17, 15) is 10.1 Å². The normalized spacial score (nSPS) is 20.9. The molecule has 0 spiro atoms. The number of hydrogen-bond donors (Lipinski definition) is 1. The molecule has 0 amide bonds. The molecule has 1 saturated heterocycles. The van der Waals surface area contributed by atoms with E-state index in [0.29, 0.717) is 35.7 Å². The van der Waals surface area contributed by atoms with Crippen molar-refractivity contribution in [2.24, 2.45) is 5.92 Å². The Labute approximate surface area is 139 Å². The summed E-state index contributed by atoms with van der Waals surface area (Å²) in [5.41, 5.74) is 6.08. The van der Waals surface area contributed by atoms with Crippen molar-refractivity contribution in [3.8, 4) is 11.4 Å². The first-order valence-electron chi connectivity index (χ1n) is 8.05. The standard InChI is InChI=1S/C16H20N4O4/c1-2-12-7-10(5-6-23-12)8-15-18-16(19-24-15)11-3-4-13(17)14(9-11)20(21)22/h3-4,9-10,12H,2,5-8,17H2,1H3/t10-,12-/m1/s1. The molecule has 3 rings (SSSR count). The average molecular weight is 332 g/mol. The van der Waals surface area contributed by atoms with Crippen LogP contribution in [0.25, 0.3) is 11.4 Å². The fourth-order valence-corrected chi connectivity index (χ4v) is 2.97. The summed E-state index contributed by atoms with van der Waals surface area (Å²) in [5.74, 6) is 1.34. The fraction of sp³-hybridized carbons (Fsp3) is 0.500. The first kappa shape index (κ1) is 16.4. The van der Waals surface area contributed by atoms with Crippen LogP contribution >= 0.6 is 0 Å². The van der Waals surface area contributed by atoms with Crippen molar-refractivity contribution in [3.05, 3.63) is 34.2 Å². The number of nitro groups is 1. The van der Waals surface area contributed by atoms with E-state index in [2.05, 4.69) is 17.1 Å². The zero-order chi connectivity index (χ0) is 17.1. The summed E-state index contributed by atoms with van der Waals surface area (Å²) >= 11 is 0. The Balaban J connectivity index is 1.74. The van der Waals surface area contributed by atoms with Crippen LogP contribution in [-0.4, -0.2) is 27.8 Å². The lowest BCUT2D eigenvalue weighted by Crippen LogP contribution is -2.26. The van der Waals surface area contributed by atoms with Crippen molar-refractivity contribution in [2.75, 3.05) is 12.3 Å². The molecule has 128 valence electrons. The van der Waals surface area contributed by atoms with E-state index in [-0.39, 0.29) is 11.4 Å². The van der Waals surface area contributed by atoms with Gasteiger partial charge in [0.25, 0.3) is 5.69 Å². The molecule has 2 N–H and O–H groups in total. The molecule has 1 aliphatic rings. The van der Waals surface area contributed by atoms with Gasteiger partial charge < -0.3 is 15.0 Å². The van der Waals surface area contributed by atoms with Crippen LogP contribution in [-0.2, 0) is 11.2 Å². The van der Waals surface area contributed by atoms with Crippen LogP contribution in [0.2, 0.25) is 0 Å². The molecule has 8 nitrogen and oxygen atoms in total. The van der Waals surface area contributed by atoms with Gasteiger partial charge in [0.15, 0.2) is 0 Å². The van der Waals surface area contributed by atoms with E-state index in [0.717, 1.165) is 25.9 Å². The molecule has 1 aromatic carbocycles. The van der Waals surface area contributed by atoms with Gasteiger partial charge in [0.1, 0.15) is 5.69 Å². The van der Waals surface area contributed by atoms with Gasteiger partial charge in [-0.1, -0.05) is 12.1 Å². The molecule has 2 heterocycles. The van der Waals surface area contributed by atoms with E-state index in [4.69, 9.17) is 15.0 Å². The summed E-state index contributed by atoms with van der Waals surface area (Å²) in [5, 5.41) is 14.9. The maximum atomic E-state index is 11.0. The smallest absolute Gasteiger partial charge is 0.292 e. The number of nitrogen functional groups attached to an aromatic ring is 1. The highest BCUT2D eigenvalue weighted by Crippen LogP contribution is 2.29. The topological polar surface area (TPSA) is 117 Å². The first-order valence-corrected chi connectivity index (χ1v) is 8.05. The number of hydrogen-bond acceptors (Lipinski definition) is 7. The second-order valence-corrected chi connectivity index (χ2v) is 6.04. The van der Waals surface area contributed by atoms with Gasteiger partial charge in [0.05, 0.1) is 11.0 Å². The lowest BCUT2D eigenvalue weighted by Gasteiger charge is -2.27. The lowest BCUT2D eigenvalue weighted by molar-refractivity contribution is -0.383. The van der Waals surface area contributed by atoms with Crippen LogP contribution in [0.4, 0.5) is 11.4 Å². The summed E-state index contributed by atoms with van der Waals surface area (Å²) < 4.78 is 11.0. The second-order valence-electron chi connectivity index (χ2n) is 6.04. The molecule has 0 radical (unpaired) electrons. The molecule has 2 aromatic rings. The molecule has 0 saturated carbocycles. The summed E-state index contributed by atoms with van der Waals surface area (Å²) in [6, 6.07) is 4.50. The summed E-state index contributed by atoms with van der Waals surface area (Å²) in [6.45, 7) is 2.88. The number of nitrogens with two attached hydrogens (primary N) is 1. The summed E-state index contributed by atoms with van der Waals surface area (Å²) in [4.78, 5) is 14.8. The Hall–Kier alpha value is -2.48. The molecule has 1 fully saturated rings. The maximum absolute atomic E-state index is 11.0. The van der Waals surface area contributed by atoms with E-state index in [1.807, 2.05) is 0 Å². The molecule has 1 aromatic heterocycles. The van der Waals surface area contributed by atoms with Crippen molar-refractivity contribution in [1.82, 2.24) is 10.1 Å². The average Bonchev–Trinajstić information content (AvgIpc) is 3.03. The monoisotopic (exact) mass is 332 g/mol. The van der Waals surface area contributed by atoms with Gasteiger partial charge in [-0.05, 0) is 37.3 Å². The Morgan fingerprint density at radius 3 is 3.04 bits per heavy atom. The number of benzene rings is 1. The minimum atomic E-state index is -0.521. The SMILES string of the molecule is CC[C@@H]1C[C@H](Cc2nc(-c3ccc(N)c([N+](=O)[O-])c3)no2)CCO1. The highest BCUT2D eigenvalue weighted by Gasteiger charge is 2.24. The molecule has 0 aliphatic carbocycles. The number of nitrogens with zero attached hydrogens (tertiary/aromatic N) is 3. The van der Waals surface area contributed by atoms with Gasteiger partial charge in [-0.2, -0.15) is 4.98 Å². The maximum Gasteiger partial charge on any atom is 0.292 e. The lowest BCUT2D eigenvalue weighted by atomic mass is 9.91. The van der Waals surface area contributed by atoms with Gasteiger partial charge >= 0.3 is 0 Å². The van der Waals surface area contributed by atoms with Crippen molar-refractivity contribution < 1.29 is 14.2 Å². The van der Waals surface area contributed by atoms with Crippen LogP contribution < -0.4 is 5.73 Å². The summed E-state index contributed by atoms with van der Waals surface area (Å²) in [7, 11) is 0. The molecule has 1 aliphatic heterocycles. The Kier molecular flexibility index (Phi) is 4.75. The van der Waals surface area contributed by atoms with Crippen LogP contribution in [0.1, 0.15) is 32.1 Å². The summed E-state index contributed by atoms with van der Waals surface area (Å²) in [6.07, 6.45) is 3.96. The zero-order valence-corrected chi connectivity index (χ0v) is 13.5. The number of rotatable bonds is 5. The minimum Gasteiger partial charge on any atom is -0.393 e. The van der Waals surface area contributed by atoms with Gasteiger partial charge in [-0.15, -0.1) is 0 Å². The highest BCUT2D eigenvalue weighted by molar-refractivity contribution is 5.68. The van der Waals surface area contributed by atoms with Gasteiger partial charge in [-0.25, -0.2) is 0 Å². The second kappa shape index (κ2) is 6.96. The van der Waals surface area contributed by atoms with Crippen LogP contribution in [0.5, 0.6) is 0 Å². The predicted octanol–water partition coefficient (Wildman–Crippen LogP) is 2.97. The first-order chi connectivity index (χ1) is 11.6. The van der Waals surface area contributed by atoms with Crippen LogP contribution in [0.3, 0.4) is 0 Å². The largest absolute Gasteiger partial charge is 0.393 e. The number of nitro benzene ring substituents is 1. The quantitative estimate of drug-likeness (QED) is 0.508. The zero-order valence-electron chi connectivity index (χ0n) is 13.5. The third kappa shape index (κ3) is 3.53. The molecule has 0 unspecified atom stereocenters. The fourth-order valence-electron chi connectivity index (χ4n) is 2.97. The van der Waals surface area contributed by atoms with Crippen LogP contribution in [0, 0.1) is 16.0 Å². The Morgan fingerprint density at radius 1 is 1.46 bits per heavy atom. The van der Waals surface area contributed by atoms with Crippen LogP contribution in [0.15, 0.2) is 22.7 Å². The third-order valence-corrected chi connectivity index (χ3v) is 4.35. The van der Waals surface area contributed by atoms with Gasteiger partial charge in [0.2, 0.25) is 11.7 Å². The minimum absolute atomic E-state index is 0.111. The van der Waals surface area contributed by atoms with Crippen molar-refractivity contribution >= 4 is 11.4 Å². The number of anilines is 1. The van der Waals surface area contributed by atoms with Crippen molar-refractivity contribution in [1.29, 1.82) is 0 Å². The van der Waals surface area contributed by atoms with Gasteiger partial charge in [0, 0.05) is 24.7 Å². The Morgan fingerprint density at radius 2 is 2.29 bits per heavy atom. The van der Waals surface area contributed by atoms with E-state index < -0.39 is 4.92 Å². The van der Waals surface area contributed by atoms with E-state index in [1.54, 1.807) is 6.07 Å². The van der Waals surface area contributed by atoms with E-state index in [1.165, 1.54) is 12.1 Å². The third-order valence-electron chi connectivity index (χ3n) is 4.35. The molecule has 0 bridgehead atoms. The molecule has 2 atom stereocenters. The predicted molar refractivity (Wildman–Crippen MR) is 87.3 cm³/mol. The number of aromatic nitrogens is 2. The molecule has 24 heavy (non-hydrogen) atoms. The molecular weight excluding hydrogens is 312 g/mol. The molecule has 8 heteroatoms. The van der Waals surface area contributed by atoms with Crippen molar-refractivity contribution in [2.45, 2.75) is 38.7 Å². The number of ether oxygens (including phenoxy) is 1. The molecular formula is C16H20N4O4.